The standard InChI is InChI=1S/C8H8N2O2/c1-12-8(11)7-2-4-10(6-7)5-3-9/h2,4,6H,5H2,1H3. The van der Waals surface area contributed by atoms with Gasteiger partial charge >= 0.3 is 5.97 Å². The van der Waals surface area contributed by atoms with Gasteiger partial charge in [0.2, 0.25) is 0 Å². The zero-order valence-electron chi connectivity index (χ0n) is 6.65. The summed E-state index contributed by atoms with van der Waals surface area (Å²) in [6, 6.07) is 3.58. The quantitative estimate of drug-likeness (QED) is 0.607. The molecule has 12 heavy (non-hydrogen) atoms. The highest BCUT2D eigenvalue weighted by Crippen LogP contribution is 2.02. The molecule has 62 valence electrons. The van der Waals surface area contributed by atoms with Crippen molar-refractivity contribution in [1.29, 1.82) is 5.26 Å². The largest absolute Gasteiger partial charge is 0.465 e. The summed E-state index contributed by atoms with van der Waals surface area (Å²) in [6.45, 7) is 0.247. The van der Waals surface area contributed by atoms with E-state index in [1.54, 1.807) is 23.0 Å². The minimum absolute atomic E-state index is 0.247. The van der Waals surface area contributed by atoms with Crippen LogP contribution in [0.2, 0.25) is 0 Å². The van der Waals surface area contributed by atoms with Crippen LogP contribution in [0.25, 0.3) is 0 Å². The van der Waals surface area contributed by atoms with Crippen LogP contribution >= 0.6 is 0 Å². The molecule has 0 aliphatic heterocycles. The average molecular weight is 164 g/mol. The normalized spacial score (nSPS) is 9.00. The number of rotatable bonds is 2. The van der Waals surface area contributed by atoms with Gasteiger partial charge in [-0.1, -0.05) is 0 Å². The smallest absolute Gasteiger partial charge is 0.339 e. The summed E-state index contributed by atoms with van der Waals surface area (Å²) >= 11 is 0. The molecule has 0 aromatic carbocycles. The molecule has 0 aliphatic rings. The number of hydrogen-bond donors (Lipinski definition) is 0. The van der Waals surface area contributed by atoms with E-state index in [0.29, 0.717) is 5.56 Å². The molecule has 1 aromatic rings. The molecule has 0 unspecified atom stereocenters. The van der Waals surface area contributed by atoms with E-state index in [2.05, 4.69) is 4.74 Å². The second-order valence-corrected chi connectivity index (χ2v) is 2.22. The first-order valence-electron chi connectivity index (χ1n) is 3.39. The van der Waals surface area contributed by atoms with E-state index in [4.69, 9.17) is 5.26 Å². The Morgan fingerprint density at radius 1 is 1.83 bits per heavy atom. The van der Waals surface area contributed by atoms with Gasteiger partial charge in [-0.2, -0.15) is 5.26 Å². The highest BCUT2D eigenvalue weighted by atomic mass is 16.5. The number of carbonyl (C=O) groups excluding carboxylic acids is 1. The third-order valence-corrected chi connectivity index (χ3v) is 1.42. The van der Waals surface area contributed by atoms with Crippen molar-refractivity contribution in [2.45, 2.75) is 6.54 Å². The van der Waals surface area contributed by atoms with Crippen molar-refractivity contribution in [2.24, 2.45) is 0 Å². The maximum atomic E-state index is 10.9. The molecule has 4 heteroatoms. The number of nitrogens with zero attached hydrogens (tertiary/aromatic N) is 2. The van der Waals surface area contributed by atoms with Gasteiger partial charge < -0.3 is 9.30 Å². The van der Waals surface area contributed by atoms with Crippen LogP contribution in [0.1, 0.15) is 10.4 Å². The van der Waals surface area contributed by atoms with Crippen LogP contribution in [0.4, 0.5) is 0 Å². The Morgan fingerprint density at radius 3 is 3.17 bits per heavy atom. The zero-order valence-corrected chi connectivity index (χ0v) is 6.65. The highest BCUT2D eigenvalue weighted by molar-refractivity contribution is 5.89. The summed E-state index contributed by atoms with van der Waals surface area (Å²) in [7, 11) is 1.32. The number of carbonyl (C=O) groups is 1. The van der Waals surface area contributed by atoms with E-state index in [1.165, 1.54) is 7.11 Å². The van der Waals surface area contributed by atoms with E-state index in [-0.39, 0.29) is 12.5 Å². The first-order chi connectivity index (χ1) is 5.77. The Labute approximate surface area is 70.0 Å². The van der Waals surface area contributed by atoms with Gasteiger partial charge in [0.1, 0.15) is 6.54 Å². The summed E-state index contributed by atoms with van der Waals surface area (Å²) in [5, 5.41) is 8.34. The number of esters is 1. The van der Waals surface area contributed by atoms with Crippen molar-refractivity contribution < 1.29 is 9.53 Å². The molecular weight excluding hydrogens is 156 g/mol. The predicted octanol–water partition coefficient (Wildman–Crippen LogP) is 0.798. The van der Waals surface area contributed by atoms with Crippen LogP contribution in [0.3, 0.4) is 0 Å². The molecular formula is C8H8N2O2. The number of methoxy groups -OCH3 is 1. The Kier molecular flexibility index (Phi) is 2.49. The fourth-order valence-electron chi connectivity index (χ4n) is 0.859. The van der Waals surface area contributed by atoms with Crippen molar-refractivity contribution >= 4 is 5.97 Å². The van der Waals surface area contributed by atoms with Crippen LogP contribution in [0.15, 0.2) is 18.5 Å². The summed E-state index contributed by atoms with van der Waals surface area (Å²) in [6.07, 6.45) is 3.24. The second-order valence-electron chi connectivity index (χ2n) is 2.22. The molecule has 0 spiro atoms. The minimum Gasteiger partial charge on any atom is -0.465 e. The zero-order chi connectivity index (χ0) is 8.97. The molecule has 0 bridgehead atoms. The number of aromatic nitrogens is 1. The van der Waals surface area contributed by atoms with Crippen molar-refractivity contribution in [3.05, 3.63) is 24.0 Å². The van der Waals surface area contributed by atoms with Crippen LogP contribution in [0, 0.1) is 11.3 Å². The van der Waals surface area contributed by atoms with Gasteiger partial charge in [-0.25, -0.2) is 4.79 Å². The van der Waals surface area contributed by atoms with E-state index < -0.39 is 0 Å². The van der Waals surface area contributed by atoms with Gasteiger partial charge in [0.05, 0.1) is 18.7 Å². The summed E-state index contributed by atoms with van der Waals surface area (Å²) in [4.78, 5) is 10.9. The predicted molar refractivity (Wildman–Crippen MR) is 41.4 cm³/mol. The molecule has 0 aliphatic carbocycles. The lowest BCUT2D eigenvalue weighted by molar-refractivity contribution is 0.0600. The van der Waals surface area contributed by atoms with Crippen molar-refractivity contribution in [3.63, 3.8) is 0 Å². The second kappa shape index (κ2) is 3.58. The SMILES string of the molecule is COC(=O)c1ccn(CC#N)c1. The van der Waals surface area contributed by atoms with Crippen molar-refractivity contribution in [1.82, 2.24) is 4.57 Å². The maximum absolute atomic E-state index is 10.9. The first-order valence-corrected chi connectivity index (χ1v) is 3.39. The molecule has 4 nitrogen and oxygen atoms in total. The van der Waals surface area contributed by atoms with Gasteiger partial charge in [-0.15, -0.1) is 0 Å². The first kappa shape index (κ1) is 8.34. The fraction of sp³-hybridized carbons (Fsp3) is 0.250. The monoisotopic (exact) mass is 164 g/mol. The molecule has 0 saturated heterocycles. The lowest BCUT2D eigenvalue weighted by Gasteiger charge is -1.93. The van der Waals surface area contributed by atoms with Gasteiger partial charge in [0.25, 0.3) is 0 Å². The Morgan fingerprint density at radius 2 is 2.58 bits per heavy atom. The molecule has 0 fully saturated rings. The number of hydrogen-bond acceptors (Lipinski definition) is 3. The highest BCUT2D eigenvalue weighted by Gasteiger charge is 2.05. The number of nitriles is 1. The van der Waals surface area contributed by atoms with E-state index in [0.717, 1.165) is 0 Å². The topological polar surface area (TPSA) is 55.0 Å². The molecule has 0 amide bonds. The van der Waals surface area contributed by atoms with Crippen LogP contribution in [-0.2, 0) is 11.3 Å². The van der Waals surface area contributed by atoms with Crippen LogP contribution < -0.4 is 0 Å². The lowest BCUT2D eigenvalue weighted by Crippen LogP contribution is -1.99. The van der Waals surface area contributed by atoms with Crippen molar-refractivity contribution in [3.8, 4) is 6.07 Å². The van der Waals surface area contributed by atoms with Crippen LogP contribution in [0.5, 0.6) is 0 Å². The molecule has 1 rings (SSSR count). The molecule has 0 N–H and O–H groups in total. The molecule has 1 heterocycles. The maximum Gasteiger partial charge on any atom is 0.339 e. The average Bonchev–Trinajstić information content (AvgIpc) is 2.52. The van der Waals surface area contributed by atoms with Crippen LogP contribution in [-0.4, -0.2) is 17.6 Å². The molecule has 0 atom stereocenters. The van der Waals surface area contributed by atoms with Gasteiger partial charge in [-0.05, 0) is 6.07 Å². The number of ether oxygens (including phenoxy) is 1. The fourth-order valence-corrected chi connectivity index (χ4v) is 0.859. The Bertz CT molecular complexity index is 322. The van der Waals surface area contributed by atoms with E-state index >= 15 is 0 Å². The molecule has 1 aromatic heterocycles. The van der Waals surface area contributed by atoms with Gasteiger partial charge in [0, 0.05) is 12.4 Å². The summed E-state index contributed by atoms with van der Waals surface area (Å²) in [5.41, 5.74) is 0.466. The minimum atomic E-state index is -0.383. The summed E-state index contributed by atoms with van der Waals surface area (Å²) < 4.78 is 6.11. The van der Waals surface area contributed by atoms with E-state index in [9.17, 15) is 4.79 Å². The third kappa shape index (κ3) is 1.64. The summed E-state index contributed by atoms with van der Waals surface area (Å²) in [5.74, 6) is -0.383. The lowest BCUT2D eigenvalue weighted by atomic mass is 10.3. The van der Waals surface area contributed by atoms with Gasteiger partial charge in [0.15, 0.2) is 0 Å². The molecule has 0 radical (unpaired) electrons. The molecule has 0 saturated carbocycles. The Hall–Kier alpha value is -1.76. The van der Waals surface area contributed by atoms with Gasteiger partial charge in [-0.3, -0.25) is 0 Å². The Balaban J connectivity index is 2.78. The van der Waals surface area contributed by atoms with Crippen molar-refractivity contribution in [2.75, 3.05) is 7.11 Å². The van der Waals surface area contributed by atoms with E-state index in [1.807, 2.05) is 6.07 Å². The third-order valence-electron chi connectivity index (χ3n) is 1.42.